The van der Waals surface area contributed by atoms with Crippen molar-refractivity contribution in [3.63, 3.8) is 0 Å². The number of aromatic nitrogens is 2. The highest BCUT2D eigenvalue weighted by molar-refractivity contribution is 5.89. The molecule has 9 nitrogen and oxygen atoms in total. The van der Waals surface area contributed by atoms with Gasteiger partial charge in [-0.2, -0.15) is 23.1 Å². The summed E-state index contributed by atoms with van der Waals surface area (Å²) in [6, 6.07) is 3.50. The van der Waals surface area contributed by atoms with Crippen LogP contribution in [0.2, 0.25) is 0 Å². The van der Waals surface area contributed by atoms with Gasteiger partial charge in [0.2, 0.25) is 11.6 Å². The first kappa shape index (κ1) is 19.1. The van der Waals surface area contributed by atoms with E-state index in [2.05, 4.69) is 15.1 Å². The molecule has 0 aliphatic rings. The number of benzene rings is 1. The Bertz CT molecular complexity index is 826. The third-order valence-electron chi connectivity index (χ3n) is 3.26. The Morgan fingerprint density at radius 1 is 1.19 bits per heavy atom. The summed E-state index contributed by atoms with van der Waals surface area (Å²) in [4.78, 5) is 29.2. The Balaban J connectivity index is 2.11. The second kappa shape index (κ2) is 7.31. The van der Waals surface area contributed by atoms with Crippen LogP contribution >= 0.6 is 0 Å². The van der Waals surface area contributed by atoms with E-state index in [0.717, 1.165) is 0 Å². The Hall–Kier alpha value is -3.28. The molecular weight excluding hydrogens is 357 g/mol. The van der Waals surface area contributed by atoms with Gasteiger partial charge >= 0.3 is 6.18 Å². The molecule has 1 atom stereocenters. The molecule has 0 radical (unpaired) electrons. The largest absolute Gasteiger partial charge is 0.471 e. The van der Waals surface area contributed by atoms with Gasteiger partial charge in [0.05, 0.1) is 6.04 Å². The third-order valence-corrected chi connectivity index (χ3v) is 3.26. The van der Waals surface area contributed by atoms with Crippen LogP contribution in [-0.2, 0) is 11.4 Å². The van der Waals surface area contributed by atoms with Crippen molar-refractivity contribution in [2.45, 2.75) is 18.8 Å². The number of carbonyl (C=O) groups is 1. The van der Waals surface area contributed by atoms with Gasteiger partial charge in [0.15, 0.2) is 5.82 Å². The number of ketones is 1. The number of nitrogens with zero attached hydrogens (tertiary/aromatic N) is 3. The van der Waals surface area contributed by atoms with Crippen LogP contribution in [-0.4, -0.2) is 21.9 Å². The van der Waals surface area contributed by atoms with Crippen molar-refractivity contribution in [3.8, 4) is 5.88 Å². The maximum absolute atomic E-state index is 12.4. The van der Waals surface area contributed by atoms with Gasteiger partial charge < -0.3 is 21.9 Å². The van der Waals surface area contributed by atoms with Gasteiger partial charge in [0.1, 0.15) is 6.61 Å². The molecule has 0 spiro atoms. The zero-order valence-electron chi connectivity index (χ0n) is 13.0. The molecule has 2 rings (SSSR count). The van der Waals surface area contributed by atoms with Crippen LogP contribution in [0.4, 0.5) is 30.6 Å². The van der Waals surface area contributed by atoms with Crippen molar-refractivity contribution < 1.29 is 22.7 Å². The highest BCUT2D eigenvalue weighted by atomic mass is 19.4. The van der Waals surface area contributed by atoms with Crippen LogP contribution in [0, 0.1) is 4.91 Å². The molecule has 0 saturated heterocycles. The molecule has 138 valence electrons. The molecular formula is C14H13F3N6O3. The van der Waals surface area contributed by atoms with Crippen LogP contribution in [0.15, 0.2) is 29.4 Å². The molecule has 26 heavy (non-hydrogen) atoms. The molecule has 1 heterocycles. The van der Waals surface area contributed by atoms with E-state index < -0.39 is 18.0 Å². The second-order valence-electron chi connectivity index (χ2n) is 5.08. The molecule has 0 fully saturated rings. The Morgan fingerprint density at radius 2 is 1.81 bits per heavy atom. The van der Waals surface area contributed by atoms with Crippen molar-refractivity contribution in [1.29, 1.82) is 0 Å². The molecule has 2 aromatic rings. The summed E-state index contributed by atoms with van der Waals surface area (Å²) in [5.41, 5.74) is 16.4. The highest BCUT2D eigenvalue weighted by Gasteiger charge is 2.42. The van der Waals surface area contributed by atoms with Gasteiger partial charge in [0.25, 0.3) is 11.7 Å². The zero-order valence-corrected chi connectivity index (χ0v) is 13.0. The van der Waals surface area contributed by atoms with E-state index in [-0.39, 0.29) is 35.5 Å². The van der Waals surface area contributed by atoms with Crippen LogP contribution in [0.3, 0.4) is 0 Å². The molecule has 1 aromatic heterocycles. The number of alkyl halides is 3. The number of nitrogen functional groups attached to an aromatic ring is 2. The molecule has 0 amide bonds. The van der Waals surface area contributed by atoms with Gasteiger partial charge in [-0.1, -0.05) is 24.3 Å². The highest BCUT2D eigenvalue weighted by Crippen LogP contribution is 2.31. The zero-order chi connectivity index (χ0) is 19.5. The lowest BCUT2D eigenvalue weighted by molar-refractivity contribution is -0.172. The molecule has 12 heteroatoms. The number of carbonyl (C=O) groups excluding carboxylic acids is 1. The number of Topliss-reactive ketones (excluding diaryl/α,β-unsaturated/α-hetero) is 1. The van der Waals surface area contributed by atoms with Crippen molar-refractivity contribution in [2.75, 3.05) is 11.5 Å². The fourth-order valence-corrected chi connectivity index (χ4v) is 1.95. The van der Waals surface area contributed by atoms with E-state index in [1.54, 1.807) is 0 Å². The predicted octanol–water partition coefficient (Wildman–Crippen LogP) is 1.75. The number of nitrogens with two attached hydrogens (primary N) is 3. The normalized spacial score (nSPS) is 12.5. The van der Waals surface area contributed by atoms with Gasteiger partial charge in [-0.15, -0.1) is 4.91 Å². The van der Waals surface area contributed by atoms with E-state index >= 15 is 0 Å². The monoisotopic (exact) mass is 370 g/mol. The number of hydrogen-bond acceptors (Lipinski definition) is 9. The lowest BCUT2D eigenvalue weighted by Gasteiger charge is -2.14. The number of hydrogen-bond donors (Lipinski definition) is 3. The Kier molecular flexibility index (Phi) is 5.35. The number of anilines is 2. The van der Waals surface area contributed by atoms with Crippen LogP contribution in [0.1, 0.15) is 17.2 Å². The first-order chi connectivity index (χ1) is 12.1. The summed E-state index contributed by atoms with van der Waals surface area (Å²) in [7, 11) is 0. The first-order valence-electron chi connectivity index (χ1n) is 6.98. The molecule has 0 bridgehead atoms. The topological polar surface area (TPSA) is 160 Å². The second-order valence-corrected chi connectivity index (χ2v) is 5.08. The number of nitroso groups, excluding NO2 is 1. The van der Waals surface area contributed by atoms with E-state index in [0.29, 0.717) is 5.56 Å². The SMILES string of the molecule is Nc1nc(N)c(N=O)c(OCc2ccc(C(N)C(=O)C(F)(F)F)cc2)n1. The smallest absolute Gasteiger partial charge is 0.452 e. The summed E-state index contributed by atoms with van der Waals surface area (Å²) in [6.07, 6.45) is -5.02. The number of rotatable bonds is 6. The number of ether oxygens (including phenoxy) is 1. The molecule has 1 unspecified atom stereocenters. The molecule has 0 saturated carbocycles. The number of halogens is 3. The minimum atomic E-state index is -5.02. The molecule has 0 aliphatic carbocycles. The summed E-state index contributed by atoms with van der Waals surface area (Å²) in [5, 5.41) is 2.66. The van der Waals surface area contributed by atoms with E-state index in [9.17, 15) is 22.9 Å². The van der Waals surface area contributed by atoms with Crippen molar-refractivity contribution in [3.05, 3.63) is 40.3 Å². The standard InChI is InChI=1S/C14H13F3N6O3/c15-14(16,17)10(24)8(18)7-3-1-6(2-4-7)5-26-12-9(23-25)11(19)21-13(20)22-12/h1-4,8H,5,18H2,(H4,19,20,21,22). The van der Waals surface area contributed by atoms with Crippen LogP contribution in [0.5, 0.6) is 5.88 Å². The predicted molar refractivity (Wildman–Crippen MR) is 85.1 cm³/mol. The van der Waals surface area contributed by atoms with Crippen LogP contribution < -0.4 is 21.9 Å². The van der Waals surface area contributed by atoms with Crippen molar-refractivity contribution >= 4 is 23.2 Å². The third kappa shape index (κ3) is 4.22. The minimum absolute atomic E-state index is 0.0122. The average Bonchev–Trinajstić information content (AvgIpc) is 2.58. The fraction of sp³-hybridized carbons (Fsp3) is 0.214. The lowest BCUT2D eigenvalue weighted by Crippen LogP contribution is -2.33. The van der Waals surface area contributed by atoms with Gasteiger partial charge in [-0.25, -0.2) is 0 Å². The van der Waals surface area contributed by atoms with E-state index in [1.165, 1.54) is 24.3 Å². The van der Waals surface area contributed by atoms with Gasteiger partial charge in [-0.05, 0) is 16.3 Å². The Labute approximate surface area is 144 Å². The Morgan fingerprint density at radius 3 is 2.35 bits per heavy atom. The van der Waals surface area contributed by atoms with E-state index in [1.807, 2.05) is 0 Å². The average molecular weight is 370 g/mol. The quantitative estimate of drug-likeness (QED) is 0.648. The first-order valence-corrected chi connectivity index (χ1v) is 6.98. The van der Waals surface area contributed by atoms with E-state index in [4.69, 9.17) is 21.9 Å². The van der Waals surface area contributed by atoms with Crippen molar-refractivity contribution in [2.24, 2.45) is 10.9 Å². The van der Waals surface area contributed by atoms with Gasteiger partial charge in [0, 0.05) is 0 Å². The summed E-state index contributed by atoms with van der Waals surface area (Å²) in [5.74, 6) is -2.76. The summed E-state index contributed by atoms with van der Waals surface area (Å²) in [6.45, 7) is -0.124. The summed E-state index contributed by atoms with van der Waals surface area (Å²) >= 11 is 0. The summed E-state index contributed by atoms with van der Waals surface area (Å²) < 4.78 is 42.5. The van der Waals surface area contributed by atoms with Gasteiger partial charge in [-0.3, -0.25) is 4.79 Å². The maximum Gasteiger partial charge on any atom is 0.452 e. The maximum atomic E-state index is 12.4. The molecule has 0 aliphatic heterocycles. The lowest BCUT2D eigenvalue weighted by atomic mass is 10.0. The van der Waals surface area contributed by atoms with Crippen LogP contribution in [0.25, 0.3) is 0 Å². The molecule has 6 N–H and O–H groups in total. The van der Waals surface area contributed by atoms with Crippen molar-refractivity contribution in [1.82, 2.24) is 9.97 Å². The minimum Gasteiger partial charge on any atom is -0.471 e. The fourth-order valence-electron chi connectivity index (χ4n) is 1.95. The molecule has 1 aromatic carbocycles.